The lowest BCUT2D eigenvalue weighted by Crippen LogP contribution is -2.65. The number of fused-ring (bicyclic) bond motifs is 3. The Balaban J connectivity index is 0.00000200. The number of aromatic hydroxyl groups is 1. The van der Waals surface area contributed by atoms with Gasteiger partial charge in [-0.1, -0.05) is 30.3 Å². The Kier molecular flexibility index (Phi) is 7.69. The molecule has 0 aliphatic heterocycles. The maximum absolute atomic E-state index is 13.8. The van der Waals surface area contributed by atoms with E-state index in [9.17, 15) is 34.8 Å². The largest absolute Gasteiger partial charge is 0.508 e. The van der Waals surface area contributed by atoms with Crippen molar-refractivity contribution in [3.63, 3.8) is 0 Å². The number of ketones is 2. The monoisotopic (exact) mass is 563 g/mol. The van der Waals surface area contributed by atoms with Crippen LogP contribution in [-0.2, 0) is 20.8 Å². The second kappa shape index (κ2) is 10.0. The molecule has 6 N–H and O–H groups in total. The molecule has 1 fully saturated rings. The second-order valence-electron chi connectivity index (χ2n) is 9.67. The molecule has 1 heterocycles. The lowest BCUT2D eigenvalue weighted by atomic mass is 9.57. The number of likely N-dealkylation sites (N-methyl/N-ethyl adjacent to an activating group) is 1. The predicted octanol–water partition coefficient (Wildman–Crippen LogP) is 1.87. The van der Waals surface area contributed by atoms with Crippen LogP contribution in [0.1, 0.15) is 17.5 Å². The van der Waals surface area contributed by atoms with E-state index >= 15 is 0 Å². The summed E-state index contributed by atoms with van der Waals surface area (Å²) in [6.45, 7) is 0. The third-order valence-corrected chi connectivity index (χ3v) is 7.52. The van der Waals surface area contributed by atoms with E-state index in [1.807, 2.05) is 30.3 Å². The summed E-state index contributed by atoms with van der Waals surface area (Å²) in [6.07, 6.45) is 1.38. The molecule has 1 saturated carbocycles. The molecular weight excluding hydrogens is 537 g/mol. The highest BCUT2D eigenvalue weighted by Crippen LogP contribution is 2.53. The van der Waals surface area contributed by atoms with Crippen LogP contribution >= 0.6 is 24.8 Å². The SMILES string of the molecule is CN(C)[C@@H]1C(=O)C(C(N)=O)=C(O)[C@@]2(O)C(=O)C3=C(O)c4c(O)cnc(-c5ccccc5)c4C[C@H]3C[C@@H]12.Cl.Cl. The number of hydrogen-bond donors (Lipinski definition) is 5. The molecule has 3 aliphatic rings. The first-order valence-corrected chi connectivity index (χ1v) is 11.4. The summed E-state index contributed by atoms with van der Waals surface area (Å²) in [6, 6.07) is 8.02. The van der Waals surface area contributed by atoms with E-state index in [4.69, 9.17) is 5.73 Å². The molecule has 0 radical (unpaired) electrons. The number of primary amides is 1. The number of nitrogens with two attached hydrogens (primary N) is 1. The fraction of sp³-hybridized carbons (Fsp3) is 0.308. The average Bonchev–Trinajstić information content (AvgIpc) is 2.81. The Hall–Kier alpha value is -3.44. The van der Waals surface area contributed by atoms with E-state index in [0.29, 0.717) is 11.3 Å². The van der Waals surface area contributed by atoms with Crippen LogP contribution in [-0.4, -0.2) is 73.5 Å². The Labute approximate surface area is 230 Å². The molecule has 5 rings (SSSR count). The normalized spacial score (nSPS) is 26.2. The molecule has 0 unspecified atom stereocenters. The molecule has 0 spiro atoms. The van der Waals surface area contributed by atoms with Crippen molar-refractivity contribution < 1.29 is 34.8 Å². The van der Waals surface area contributed by atoms with Gasteiger partial charge in [0.1, 0.15) is 22.8 Å². The van der Waals surface area contributed by atoms with Crippen molar-refractivity contribution in [2.75, 3.05) is 14.1 Å². The van der Waals surface area contributed by atoms with Crippen LogP contribution in [0.4, 0.5) is 0 Å². The number of Topliss-reactive ketones (excluding diaryl/α,β-unsaturated/α-hetero) is 2. The van der Waals surface area contributed by atoms with E-state index in [1.54, 1.807) is 14.1 Å². The minimum atomic E-state index is -2.66. The summed E-state index contributed by atoms with van der Waals surface area (Å²) < 4.78 is 0. The maximum atomic E-state index is 13.8. The number of hydrogen-bond acceptors (Lipinski definition) is 9. The van der Waals surface area contributed by atoms with Gasteiger partial charge in [0, 0.05) is 17.1 Å². The number of amides is 1. The highest BCUT2D eigenvalue weighted by atomic mass is 35.5. The fourth-order valence-corrected chi connectivity index (χ4v) is 5.98. The van der Waals surface area contributed by atoms with Crippen molar-refractivity contribution in [3.8, 4) is 17.0 Å². The second-order valence-corrected chi connectivity index (χ2v) is 9.67. The molecule has 3 aliphatic carbocycles. The summed E-state index contributed by atoms with van der Waals surface area (Å²) in [5, 5.41) is 44.3. The highest BCUT2D eigenvalue weighted by molar-refractivity contribution is 6.24. The third-order valence-electron chi connectivity index (χ3n) is 7.52. The van der Waals surface area contributed by atoms with Gasteiger partial charge < -0.3 is 26.2 Å². The van der Waals surface area contributed by atoms with E-state index in [-0.39, 0.29) is 54.5 Å². The maximum Gasteiger partial charge on any atom is 0.255 e. The van der Waals surface area contributed by atoms with Gasteiger partial charge in [0.05, 0.1) is 23.5 Å². The Morgan fingerprint density at radius 3 is 2.32 bits per heavy atom. The van der Waals surface area contributed by atoms with E-state index in [0.717, 1.165) is 5.56 Å². The Morgan fingerprint density at radius 1 is 1.11 bits per heavy atom. The number of aliphatic hydroxyl groups excluding tert-OH is 2. The van der Waals surface area contributed by atoms with Crippen molar-refractivity contribution in [2.24, 2.45) is 17.6 Å². The van der Waals surface area contributed by atoms with E-state index in [1.165, 1.54) is 11.1 Å². The van der Waals surface area contributed by atoms with Crippen LogP contribution in [0.2, 0.25) is 0 Å². The van der Waals surface area contributed by atoms with Crippen LogP contribution in [0, 0.1) is 11.8 Å². The standard InChI is InChI=1S/C26H25N3O7.2ClH/c1-29(2)20-14-9-12-8-13-17(15(30)10-28-19(13)11-6-4-3-5-7-11)21(31)16(12)23(33)26(14,36)24(34)18(22(20)32)25(27)35;;/h3-7,10,12,14,20,30-31,34,36H,8-9H2,1-2H3,(H2,27,35);2*1H/t12-,14-,20-,26-;;/m0../s1. The molecule has 1 aromatic heterocycles. The first-order valence-electron chi connectivity index (χ1n) is 11.4. The topological polar surface area (TPSA) is 174 Å². The van der Waals surface area contributed by atoms with Crippen LogP contribution in [0.25, 0.3) is 17.0 Å². The number of pyridine rings is 1. The summed E-state index contributed by atoms with van der Waals surface area (Å²) in [4.78, 5) is 44.8. The molecule has 38 heavy (non-hydrogen) atoms. The highest BCUT2D eigenvalue weighted by Gasteiger charge is 2.64. The number of nitrogens with zero attached hydrogens (tertiary/aromatic N) is 2. The number of halogens is 2. The molecule has 0 saturated heterocycles. The number of aromatic nitrogens is 1. The van der Waals surface area contributed by atoms with Gasteiger partial charge >= 0.3 is 0 Å². The van der Waals surface area contributed by atoms with Crippen molar-refractivity contribution in [3.05, 3.63) is 64.6 Å². The smallest absolute Gasteiger partial charge is 0.255 e. The van der Waals surface area contributed by atoms with Crippen LogP contribution in [0.15, 0.2) is 53.4 Å². The number of carbonyl (C=O) groups is 3. The lowest BCUT2D eigenvalue weighted by molar-refractivity contribution is -0.153. The molecule has 12 heteroatoms. The molecule has 202 valence electrons. The van der Waals surface area contributed by atoms with Crippen molar-refractivity contribution in [2.45, 2.75) is 24.5 Å². The van der Waals surface area contributed by atoms with Gasteiger partial charge in [-0.25, -0.2) is 0 Å². The molecule has 1 amide bonds. The number of carbonyl (C=O) groups excluding carboxylic acids is 3. The molecule has 4 atom stereocenters. The summed E-state index contributed by atoms with van der Waals surface area (Å²) in [7, 11) is 3.12. The Morgan fingerprint density at radius 2 is 1.74 bits per heavy atom. The molecule has 2 aromatic rings. The van der Waals surface area contributed by atoms with Crippen LogP contribution < -0.4 is 5.73 Å². The summed E-state index contributed by atoms with van der Waals surface area (Å²) >= 11 is 0. The molecule has 10 nitrogen and oxygen atoms in total. The fourth-order valence-electron chi connectivity index (χ4n) is 5.98. The number of benzene rings is 1. The zero-order valence-corrected chi connectivity index (χ0v) is 22.0. The number of aliphatic hydroxyl groups is 3. The van der Waals surface area contributed by atoms with Crippen molar-refractivity contribution in [1.29, 1.82) is 0 Å². The van der Waals surface area contributed by atoms with Gasteiger partial charge in [-0.05, 0) is 38.4 Å². The minimum absolute atomic E-state index is 0. The quantitative estimate of drug-likeness (QED) is 0.349. The average molecular weight is 564 g/mol. The van der Waals surface area contributed by atoms with Gasteiger partial charge in [-0.2, -0.15) is 0 Å². The predicted molar refractivity (Wildman–Crippen MR) is 142 cm³/mol. The van der Waals surface area contributed by atoms with Gasteiger partial charge in [-0.3, -0.25) is 24.3 Å². The van der Waals surface area contributed by atoms with Gasteiger partial charge in [-0.15, -0.1) is 24.8 Å². The lowest BCUT2D eigenvalue weighted by Gasteiger charge is -2.50. The van der Waals surface area contributed by atoms with Crippen LogP contribution in [0.5, 0.6) is 5.75 Å². The Bertz CT molecular complexity index is 1410. The molecule has 0 bridgehead atoms. The minimum Gasteiger partial charge on any atom is -0.508 e. The first-order chi connectivity index (χ1) is 17.0. The molecular formula is C26H27Cl2N3O7. The third kappa shape index (κ3) is 3.87. The number of rotatable bonds is 3. The van der Waals surface area contributed by atoms with Gasteiger partial charge in [0.2, 0.25) is 5.78 Å². The van der Waals surface area contributed by atoms with Crippen molar-refractivity contribution >= 4 is 48.0 Å². The summed E-state index contributed by atoms with van der Waals surface area (Å²) in [5.74, 6) is -6.87. The zero-order valence-electron chi connectivity index (χ0n) is 20.4. The zero-order chi connectivity index (χ0) is 26.1. The summed E-state index contributed by atoms with van der Waals surface area (Å²) in [5.41, 5.74) is 3.44. The van der Waals surface area contributed by atoms with Gasteiger partial charge in [0.15, 0.2) is 11.4 Å². The van der Waals surface area contributed by atoms with Gasteiger partial charge in [0.25, 0.3) is 5.91 Å². The van der Waals surface area contributed by atoms with Crippen molar-refractivity contribution in [1.82, 2.24) is 9.88 Å². The van der Waals surface area contributed by atoms with Crippen LogP contribution in [0.3, 0.4) is 0 Å². The molecule has 1 aromatic carbocycles. The van der Waals surface area contributed by atoms with E-state index in [2.05, 4.69) is 4.98 Å². The van der Waals surface area contributed by atoms with E-state index < -0.39 is 58.0 Å². The first kappa shape index (κ1) is 29.1.